The van der Waals surface area contributed by atoms with E-state index in [0.29, 0.717) is 5.56 Å². The van der Waals surface area contributed by atoms with Gasteiger partial charge in [-0.3, -0.25) is 0 Å². The molecule has 1 heterocycles. The molecule has 17 heavy (non-hydrogen) atoms. The van der Waals surface area contributed by atoms with Crippen LogP contribution in [0.2, 0.25) is 0 Å². The molecule has 0 amide bonds. The summed E-state index contributed by atoms with van der Waals surface area (Å²) in [6.45, 7) is 0. The van der Waals surface area contributed by atoms with Gasteiger partial charge in [0.1, 0.15) is 5.56 Å². The highest BCUT2D eigenvalue weighted by atomic mass is 19.4. The van der Waals surface area contributed by atoms with Crippen molar-refractivity contribution in [2.45, 2.75) is 6.18 Å². The second-order valence-electron chi connectivity index (χ2n) is 3.43. The number of rotatable bonds is 1. The van der Waals surface area contributed by atoms with Gasteiger partial charge in [0, 0.05) is 11.8 Å². The lowest BCUT2D eigenvalue weighted by atomic mass is 10.1. The first-order chi connectivity index (χ1) is 7.98. The Kier molecular flexibility index (Phi) is 2.83. The number of hydrogen-bond donors (Lipinski definition) is 0. The molecule has 1 aromatic carbocycles. The van der Waals surface area contributed by atoms with Gasteiger partial charge in [0.25, 0.3) is 0 Å². The lowest BCUT2D eigenvalue weighted by Gasteiger charge is -2.09. The van der Waals surface area contributed by atoms with E-state index in [1.54, 1.807) is 30.3 Å². The van der Waals surface area contributed by atoms with Crippen molar-refractivity contribution in [1.29, 1.82) is 0 Å². The van der Waals surface area contributed by atoms with Crippen LogP contribution in [0.4, 0.5) is 17.6 Å². The van der Waals surface area contributed by atoms with Gasteiger partial charge in [0.15, 0.2) is 0 Å². The van der Waals surface area contributed by atoms with Crippen molar-refractivity contribution in [3.05, 3.63) is 54.1 Å². The van der Waals surface area contributed by atoms with Crippen molar-refractivity contribution in [2.24, 2.45) is 0 Å². The molecule has 88 valence electrons. The summed E-state index contributed by atoms with van der Waals surface area (Å²) in [4.78, 5) is 3.14. The largest absolute Gasteiger partial charge is 0.420 e. The summed E-state index contributed by atoms with van der Waals surface area (Å²) in [5.74, 6) is -1.50. The molecule has 1 aromatic heterocycles. The normalized spacial score (nSPS) is 11.5. The molecule has 0 aliphatic heterocycles. The van der Waals surface area contributed by atoms with Crippen LogP contribution in [0.3, 0.4) is 0 Å². The third kappa shape index (κ3) is 2.43. The van der Waals surface area contributed by atoms with E-state index in [1.165, 1.54) is 0 Å². The molecule has 2 aromatic rings. The minimum Gasteiger partial charge on any atom is -0.227 e. The van der Waals surface area contributed by atoms with E-state index < -0.39 is 17.7 Å². The molecule has 0 unspecified atom stereocenters. The van der Waals surface area contributed by atoms with Crippen LogP contribution in [0.25, 0.3) is 11.1 Å². The minimum atomic E-state index is -4.73. The van der Waals surface area contributed by atoms with Crippen molar-refractivity contribution >= 4 is 0 Å². The first-order valence-corrected chi connectivity index (χ1v) is 4.76. The van der Waals surface area contributed by atoms with E-state index >= 15 is 0 Å². The second kappa shape index (κ2) is 4.16. The molecule has 0 spiro atoms. The minimum absolute atomic E-state index is 0.235. The fraction of sp³-hybridized carbons (Fsp3) is 0.0833. The van der Waals surface area contributed by atoms with Crippen molar-refractivity contribution in [2.75, 3.05) is 0 Å². The summed E-state index contributed by atoms with van der Waals surface area (Å²) >= 11 is 0. The third-order valence-corrected chi connectivity index (χ3v) is 2.25. The van der Waals surface area contributed by atoms with Crippen molar-refractivity contribution in [3.63, 3.8) is 0 Å². The number of benzene rings is 1. The molecule has 0 bridgehead atoms. The zero-order valence-corrected chi connectivity index (χ0v) is 8.50. The first kappa shape index (κ1) is 11.6. The summed E-state index contributed by atoms with van der Waals surface area (Å²) in [6.07, 6.45) is -3.65. The fourth-order valence-corrected chi connectivity index (χ4v) is 1.44. The number of alkyl halides is 3. The standard InChI is InChI=1S/C12H7F4N/c13-11-10(12(14,15)16)6-9(7-17-11)8-4-2-1-3-5-8/h1-7H. The first-order valence-electron chi connectivity index (χ1n) is 4.76. The Hall–Kier alpha value is -1.91. The van der Waals surface area contributed by atoms with Gasteiger partial charge in [-0.05, 0) is 11.6 Å². The highest BCUT2D eigenvalue weighted by Gasteiger charge is 2.35. The Bertz CT molecular complexity index is 520. The van der Waals surface area contributed by atoms with Crippen molar-refractivity contribution in [1.82, 2.24) is 4.98 Å². The number of aromatic nitrogens is 1. The van der Waals surface area contributed by atoms with Crippen LogP contribution in [0, 0.1) is 5.95 Å². The Labute approximate surface area is 94.7 Å². The summed E-state index contributed by atoms with van der Waals surface area (Å²) in [6, 6.07) is 9.14. The number of halogens is 4. The van der Waals surface area contributed by atoms with Gasteiger partial charge in [-0.25, -0.2) is 4.98 Å². The zero-order valence-electron chi connectivity index (χ0n) is 8.50. The van der Waals surface area contributed by atoms with Crippen LogP contribution in [-0.2, 0) is 6.18 Å². The molecule has 0 N–H and O–H groups in total. The van der Waals surface area contributed by atoms with E-state index in [9.17, 15) is 17.6 Å². The van der Waals surface area contributed by atoms with Gasteiger partial charge in [-0.2, -0.15) is 17.6 Å². The Balaban J connectivity index is 2.53. The van der Waals surface area contributed by atoms with E-state index in [2.05, 4.69) is 4.98 Å². The summed E-state index contributed by atoms with van der Waals surface area (Å²) in [5.41, 5.74) is -0.552. The van der Waals surface area contributed by atoms with Crippen molar-refractivity contribution < 1.29 is 17.6 Å². The average Bonchev–Trinajstić information content (AvgIpc) is 2.29. The highest BCUT2D eigenvalue weighted by Crippen LogP contribution is 2.33. The number of pyridine rings is 1. The lowest BCUT2D eigenvalue weighted by molar-refractivity contribution is -0.140. The van der Waals surface area contributed by atoms with Gasteiger partial charge in [-0.1, -0.05) is 30.3 Å². The Morgan fingerprint density at radius 1 is 0.941 bits per heavy atom. The van der Waals surface area contributed by atoms with E-state index in [0.717, 1.165) is 12.3 Å². The Morgan fingerprint density at radius 2 is 1.59 bits per heavy atom. The number of hydrogen-bond acceptors (Lipinski definition) is 1. The molecule has 0 aliphatic carbocycles. The van der Waals surface area contributed by atoms with E-state index in [-0.39, 0.29) is 5.56 Å². The fourth-order valence-electron chi connectivity index (χ4n) is 1.44. The number of nitrogens with zero attached hydrogens (tertiary/aromatic N) is 1. The monoisotopic (exact) mass is 241 g/mol. The highest BCUT2D eigenvalue weighted by molar-refractivity contribution is 5.63. The van der Waals surface area contributed by atoms with Crippen LogP contribution >= 0.6 is 0 Å². The van der Waals surface area contributed by atoms with Gasteiger partial charge >= 0.3 is 6.18 Å². The van der Waals surface area contributed by atoms with Gasteiger partial charge in [0.05, 0.1) is 0 Å². The predicted molar refractivity (Wildman–Crippen MR) is 54.6 cm³/mol. The third-order valence-electron chi connectivity index (χ3n) is 2.25. The van der Waals surface area contributed by atoms with Crippen LogP contribution < -0.4 is 0 Å². The maximum atomic E-state index is 13.0. The molecule has 5 heteroatoms. The van der Waals surface area contributed by atoms with Gasteiger partial charge in [-0.15, -0.1) is 0 Å². The van der Waals surface area contributed by atoms with E-state index in [1.807, 2.05) is 0 Å². The van der Waals surface area contributed by atoms with Crippen LogP contribution in [-0.4, -0.2) is 4.98 Å². The van der Waals surface area contributed by atoms with Crippen LogP contribution in [0.1, 0.15) is 5.56 Å². The summed E-state index contributed by atoms with van der Waals surface area (Å²) < 4.78 is 50.3. The molecule has 2 rings (SSSR count). The summed E-state index contributed by atoms with van der Waals surface area (Å²) in [5, 5.41) is 0. The quantitative estimate of drug-likeness (QED) is 0.545. The van der Waals surface area contributed by atoms with Gasteiger partial charge in [0.2, 0.25) is 5.95 Å². The maximum Gasteiger partial charge on any atom is 0.420 e. The molecule has 0 fully saturated rings. The topological polar surface area (TPSA) is 12.9 Å². The molecular formula is C12H7F4N. The SMILES string of the molecule is Fc1ncc(-c2ccccc2)cc1C(F)(F)F. The molecule has 0 atom stereocenters. The molecule has 0 radical (unpaired) electrons. The second-order valence-corrected chi connectivity index (χ2v) is 3.43. The predicted octanol–water partition coefficient (Wildman–Crippen LogP) is 3.91. The van der Waals surface area contributed by atoms with Crippen molar-refractivity contribution in [3.8, 4) is 11.1 Å². The molecule has 1 nitrogen and oxygen atoms in total. The molecule has 0 saturated carbocycles. The lowest BCUT2D eigenvalue weighted by Crippen LogP contribution is -2.09. The molecular weight excluding hydrogens is 234 g/mol. The average molecular weight is 241 g/mol. The maximum absolute atomic E-state index is 13.0. The van der Waals surface area contributed by atoms with Crippen LogP contribution in [0.5, 0.6) is 0 Å². The van der Waals surface area contributed by atoms with Gasteiger partial charge < -0.3 is 0 Å². The molecule has 0 aliphatic rings. The molecule has 0 saturated heterocycles. The Morgan fingerprint density at radius 3 is 2.18 bits per heavy atom. The zero-order chi connectivity index (χ0) is 12.5. The summed E-state index contributed by atoms with van der Waals surface area (Å²) in [7, 11) is 0. The smallest absolute Gasteiger partial charge is 0.227 e. The van der Waals surface area contributed by atoms with E-state index in [4.69, 9.17) is 0 Å². The van der Waals surface area contributed by atoms with Crippen LogP contribution in [0.15, 0.2) is 42.6 Å².